The van der Waals surface area contributed by atoms with Gasteiger partial charge in [-0.15, -0.1) is 0 Å². The van der Waals surface area contributed by atoms with Crippen molar-refractivity contribution < 1.29 is 9.47 Å². The average molecular weight is 641 g/mol. The van der Waals surface area contributed by atoms with Crippen molar-refractivity contribution in [1.82, 2.24) is 0 Å². The van der Waals surface area contributed by atoms with Gasteiger partial charge in [-0.1, -0.05) is 37.0 Å². The van der Waals surface area contributed by atoms with Crippen LogP contribution in [0.3, 0.4) is 0 Å². The first-order chi connectivity index (χ1) is 23.5. The highest BCUT2D eigenvalue weighted by Crippen LogP contribution is 2.68. The Morgan fingerprint density at radius 2 is 0.979 bits per heavy atom. The van der Waals surface area contributed by atoms with E-state index in [-0.39, 0.29) is 0 Å². The second kappa shape index (κ2) is 12.7. The van der Waals surface area contributed by atoms with E-state index in [0.717, 1.165) is 103 Å². The van der Waals surface area contributed by atoms with Gasteiger partial charge in [0.2, 0.25) is 0 Å². The molecule has 0 spiro atoms. The Hall–Kier alpha value is -4.76. The Balaban J connectivity index is 1.65. The summed E-state index contributed by atoms with van der Waals surface area (Å²) >= 11 is 0. The molecule has 4 aromatic carbocycles. The molecular formula is C42H48N4O2. The zero-order valence-electron chi connectivity index (χ0n) is 29.6. The lowest BCUT2D eigenvalue weighted by atomic mass is 9.63. The van der Waals surface area contributed by atoms with Gasteiger partial charge in [-0.05, 0) is 72.2 Å². The molecule has 0 aromatic heterocycles. The summed E-state index contributed by atoms with van der Waals surface area (Å²) in [5.74, 6) is 11.0. The molecule has 0 fully saturated rings. The lowest BCUT2D eigenvalue weighted by molar-refractivity contribution is 0.390. The smallest absolute Gasteiger partial charge is 0.138 e. The van der Waals surface area contributed by atoms with Gasteiger partial charge in [-0.3, -0.25) is 0 Å². The molecule has 0 N–H and O–H groups in total. The highest BCUT2D eigenvalue weighted by molar-refractivity contribution is 5.94. The molecule has 3 heterocycles. The number of ether oxygens (including phenoxy) is 2. The van der Waals surface area contributed by atoms with Crippen molar-refractivity contribution in [3.63, 3.8) is 0 Å². The second-order valence-corrected chi connectivity index (χ2v) is 12.7. The summed E-state index contributed by atoms with van der Waals surface area (Å²) in [6, 6.07) is 24.0. The van der Waals surface area contributed by atoms with Gasteiger partial charge < -0.3 is 29.1 Å². The third kappa shape index (κ3) is 4.78. The van der Waals surface area contributed by atoms with Crippen LogP contribution in [0.25, 0.3) is 0 Å². The number of rotatable bonds is 11. The molecule has 0 saturated heterocycles. The van der Waals surface area contributed by atoms with Crippen LogP contribution in [0, 0.1) is 11.8 Å². The molecule has 3 aliphatic rings. The Morgan fingerprint density at radius 1 is 0.562 bits per heavy atom. The number of hydrogen-bond donors (Lipinski definition) is 0. The van der Waals surface area contributed by atoms with Crippen LogP contribution >= 0.6 is 0 Å². The van der Waals surface area contributed by atoms with E-state index < -0.39 is 5.41 Å². The van der Waals surface area contributed by atoms with Crippen LogP contribution in [-0.4, -0.2) is 45.8 Å². The molecular weight excluding hydrogens is 592 g/mol. The van der Waals surface area contributed by atoms with Crippen LogP contribution in [0.15, 0.2) is 66.7 Å². The van der Waals surface area contributed by atoms with E-state index in [1.54, 1.807) is 0 Å². The van der Waals surface area contributed by atoms with Crippen LogP contribution in [0.4, 0.5) is 28.4 Å². The fourth-order valence-electron chi connectivity index (χ4n) is 8.02. The third-order valence-corrected chi connectivity index (χ3v) is 10.3. The van der Waals surface area contributed by atoms with E-state index >= 15 is 0 Å². The third-order valence-electron chi connectivity index (χ3n) is 10.3. The van der Waals surface area contributed by atoms with Gasteiger partial charge in [0.1, 0.15) is 28.4 Å². The Labute approximate surface area is 286 Å². The van der Waals surface area contributed by atoms with E-state index in [0.29, 0.717) is 0 Å². The first kappa shape index (κ1) is 31.8. The Morgan fingerprint density at radius 3 is 1.40 bits per heavy atom. The van der Waals surface area contributed by atoms with E-state index in [2.05, 4.69) is 141 Å². The average Bonchev–Trinajstić information content (AvgIpc) is 3.10. The van der Waals surface area contributed by atoms with Gasteiger partial charge >= 0.3 is 0 Å². The molecule has 0 unspecified atom stereocenters. The monoisotopic (exact) mass is 640 g/mol. The fraction of sp³-hybridized carbons (Fsp3) is 0.381. The normalized spacial score (nSPS) is 13.9. The Kier molecular flexibility index (Phi) is 8.41. The first-order valence-corrected chi connectivity index (χ1v) is 18.0. The lowest BCUT2D eigenvalue weighted by Crippen LogP contribution is -2.42. The molecule has 0 aliphatic carbocycles. The maximum absolute atomic E-state index is 7.07. The minimum Gasteiger partial charge on any atom is -0.456 e. The quantitative estimate of drug-likeness (QED) is 0.152. The molecule has 4 aromatic rings. The standard InChI is InChI=1S/C42H48N4O2/c1-8-22-46-33-23-30(43(9-2)10-3)25-35-39(33)42(21-20-29-18-16-15-17-19-29)40-34(46)24-31(44(11-4)12-5)26-36(40)48-38-28-32(45(13-6)14-7)27-37(47-35)41(38)42/h15-19,23-28H,8-14,22H2,1-7H3. The predicted octanol–water partition coefficient (Wildman–Crippen LogP) is 9.68. The molecule has 48 heavy (non-hydrogen) atoms. The number of benzene rings is 4. The maximum atomic E-state index is 7.07. The zero-order chi connectivity index (χ0) is 33.6. The van der Waals surface area contributed by atoms with E-state index in [1.807, 2.05) is 6.07 Å². The molecule has 248 valence electrons. The van der Waals surface area contributed by atoms with Crippen LogP contribution in [0.5, 0.6) is 23.0 Å². The lowest BCUT2D eigenvalue weighted by Gasteiger charge is -2.50. The van der Waals surface area contributed by atoms with Gasteiger partial charge in [0.05, 0.1) is 16.9 Å². The second-order valence-electron chi connectivity index (χ2n) is 12.7. The largest absolute Gasteiger partial charge is 0.456 e. The van der Waals surface area contributed by atoms with Crippen LogP contribution in [0.1, 0.15) is 77.1 Å². The van der Waals surface area contributed by atoms with Crippen LogP contribution in [-0.2, 0) is 5.41 Å². The predicted molar refractivity (Wildman–Crippen MR) is 201 cm³/mol. The molecule has 3 aliphatic heterocycles. The Bertz CT molecular complexity index is 1800. The minimum atomic E-state index is -0.790. The van der Waals surface area contributed by atoms with E-state index in [4.69, 9.17) is 9.47 Å². The van der Waals surface area contributed by atoms with Gasteiger partial charge in [0.25, 0.3) is 0 Å². The minimum absolute atomic E-state index is 0.790. The summed E-state index contributed by atoms with van der Waals surface area (Å²) in [6.45, 7) is 21.8. The molecule has 0 bridgehead atoms. The SMILES string of the molecule is CCCN1c2cc(N(CC)CC)cc3c2C2(C#Cc4ccccc4)c4c(cc(N(CC)CC)cc4Oc4cc(N(CC)CC)cc1c42)O3. The molecule has 0 saturated carbocycles. The summed E-state index contributed by atoms with van der Waals surface area (Å²) in [4.78, 5) is 9.69. The van der Waals surface area contributed by atoms with Crippen molar-refractivity contribution in [2.24, 2.45) is 0 Å². The van der Waals surface area contributed by atoms with Crippen molar-refractivity contribution >= 4 is 28.4 Å². The molecule has 6 nitrogen and oxygen atoms in total. The van der Waals surface area contributed by atoms with Crippen molar-refractivity contribution in [2.75, 3.05) is 65.4 Å². The van der Waals surface area contributed by atoms with Gasteiger partial charge in [-0.25, -0.2) is 0 Å². The number of anilines is 5. The maximum Gasteiger partial charge on any atom is 0.138 e. The molecule has 0 radical (unpaired) electrons. The fourth-order valence-corrected chi connectivity index (χ4v) is 8.02. The summed E-state index contributed by atoms with van der Waals surface area (Å²) in [5, 5.41) is 0. The summed E-state index contributed by atoms with van der Waals surface area (Å²) in [7, 11) is 0. The van der Waals surface area contributed by atoms with Gasteiger partial charge in [0, 0.05) is 104 Å². The molecule has 0 amide bonds. The molecule has 0 atom stereocenters. The van der Waals surface area contributed by atoms with E-state index in [9.17, 15) is 0 Å². The summed E-state index contributed by atoms with van der Waals surface area (Å²) in [6.07, 6.45) is 0.994. The summed E-state index contributed by atoms with van der Waals surface area (Å²) in [5.41, 5.74) is 9.20. The van der Waals surface area contributed by atoms with Crippen molar-refractivity contribution in [3.8, 4) is 34.8 Å². The van der Waals surface area contributed by atoms with Crippen LogP contribution in [0.2, 0.25) is 0 Å². The highest BCUT2D eigenvalue weighted by atomic mass is 16.5. The topological polar surface area (TPSA) is 31.4 Å². The molecule has 7 rings (SSSR count). The molecule has 6 heteroatoms. The zero-order valence-corrected chi connectivity index (χ0v) is 29.6. The van der Waals surface area contributed by atoms with Crippen molar-refractivity contribution in [3.05, 3.63) is 89.0 Å². The summed E-state index contributed by atoms with van der Waals surface area (Å²) < 4.78 is 14.1. The number of nitrogens with zero attached hydrogens (tertiary/aromatic N) is 4. The van der Waals surface area contributed by atoms with E-state index in [1.165, 1.54) is 22.7 Å². The first-order valence-electron chi connectivity index (χ1n) is 18.0. The van der Waals surface area contributed by atoms with Crippen molar-refractivity contribution in [2.45, 2.75) is 60.3 Å². The van der Waals surface area contributed by atoms with Gasteiger partial charge in [0.15, 0.2) is 0 Å². The van der Waals surface area contributed by atoms with Crippen molar-refractivity contribution in [1.29, 1.82) is 0 Å². The van der Waals surface area contributed by atoms with Crippen LogP contribution < -0.4 is 29.1 Å². The van der Waals surface area contributed by atoms with Gasteiger partial charge in [-0.2, -0.15) is 0 Å². The highest BCUT2D eigenvalue weighted by Gasteiger charge is 2.56. The number of hydrogen-bond acceptors (Lipinski definition) is 6.